The fourth-order valence-corrected chi connectivity index (χ4v) is 1.99. The second kappa shape index (κ2) is 5.25. The fourth-order valence-electron chi connectivity index (χ4n) is 1.71. The molecule has 2 aromatic rings. The minimum atomic E-state index is -1.11. The zero-order valence-electron chi connectivity index (χ0n) is 9.98. The number of rotatable bonds is 3. The summed E-state index contributed by atoms with van der Waals surface area (Å²) in [5.41, 5.74) is 0.268. The summed E-state index contributed by atoms with van der Waals surface area (Å²) in [4.78, 5) is 12.2. The molecule has 1 unspecified atom stereocenters. The molecule has 3 nitrogen and oxygen atoms in total. The van der Waals surface area contributed by atoms with Crippen LogP contribution in [0.1, 0.15) is 27.8 Å². The van der Waals surface area contributed by atoms with E-state index in [2.05, 4.69) is 0 Å². The van der Waals surface area contributed by atoms with Crippen molar-refractivity contribution in [3.63, 3.8) is 0 Å². The zero-order valence-corrected chi connectivity index (χ0v) is 10.7. The Bertz CT molecular complexity index is 672. The molecule has 0 radical (unpaired) electrons. The molecule has 1 heterocycles. The number of nitriles is 1. The van der Waals surface area contributed by atoms with E-state index in [0.29, 0.717) is 5.76 Å². The molecule has 0 saturated heterocycles. The molecule has 0 spiro atoms. The van der Waals surface area contributed by atoms with Gasteiger partial charge in [-0.05, 0) is 36.8 Å². The third-order valence-corrected chi connectivity index (χ3v) is 2.98. The molecule has 1 aromatic carbocycles. The molecule has 2 rings (SSSR count). The van der Waals surface area contributed by atoms with Gasteiger partial charge >= 0.3 is 0 Å². The Morgan fingerprint density at radius 1 is 1.42 bits per heavy atom. The van der Waals surface area contributed by atoms with E-state index in [1.165, 1.54) is 12.1 Å². The Morgan fingerprint density at radius 2 is 2.16 bits per heavy atom. The Hall–Kier alpha value is -2.12. The lowest BCUT2D eigenvalue weighted by Gasteiger charge is -2.08. The van der Waals surface area contributed by atoms with Gasteiger partial charge in [0.1, 0.15) is 17.5 Å². The zero-order chi connectivity index (χ0) is 14.0. The molecule has 1 atom stereocenters. The molecule has 0 aliphatic carbocycles. The topological polar surface area (TPSA) is 54.0 Å². The fraction of sp³-hybridized carbons (Fsp3) is 0.143. The van der Waals surface area contributed by atoms with Crippen molar-refractivity contribution in [1.82, 2.24) is 0 Å². The summed E-state index contributed by atoms with van der Waals surface area (Å²) in [7, 11) is 0. The normalized spacial score (nSPS) is 11.9. The van der Waals surface area contributed by atoms with Gasteiger partial charge in [0.05, 0.1) is 6.07 Å². The van der Waals surface area contributed by atoms with E-state index < -0.39 is 17.5 Å². The van der Waals surface area contributed by atoms with Crippen LogP contribution in [0.5, 0.6) is 0 Å². The highest BCUT2D eigenvalue weighted by molar-refractivity contribution is 6.31. The maximum atomic E-state index is 13.0. The third kappa shape index (κ3) is 2.67. The first-order chi connectivity index (χ1) is 9.02. The average Bonchev–Trinajstić information content (AvgIpc) is 2.79. The smallest absolute Gasteiger partial charge is 0.219 e. The van der Waals surface area contributed by atoms with Crippen LogP contribution in [0.4, 0.5) is 4.39 Å². The molecular formula is C14H9ClFNO2. The minimum Gasteiger partial charge on any atom is -0.458 e. The first-order valence-corrected chi connectivity index (χ1v) is 5.86. The van der Waals surface area contributed by atoms with Crippen molar-refractivity contribution in [2.45, 2.75) is 12.8 Å². The number of benzene rings is 1. The van der Waals surface area contributed by atoms with E-state index in [4.69, 9.17) is 21.3 Å². The van der Waals surface area contributed by atoms with Gasteiger partial charge in [-0.25, -0.2) is 4.39 Å². The highest BCUT2D eigenvalue weighted by Crippen LogP contribution is 2.28. The summed E-state index contributed by atoms with van der Waals surface area (Å²) in [5.74, 6) is -1.47. The van der Waals surface area contributed by atoms with Crippen LogP contribution in [0.3, 0.4) is 0 Å². The van der Waals surface area contributed by atoms with Crippen molar-refractivity contribution in [3.8, 4) is 6.07 Å². The molecule has 0 aliphatic rings. The predicted octanol–water partition coefficient (Wildman–Crippen LogP) is 3.87. The van der Waals surface area contributed by atoms with E-state index in [9.17, 15) is 9.18 Å². The van der Waals surface area contributed by atoms with Crippen molar-refractivity contribution in [2.24, 2.45) is 0 Å². The summed E-state index contributed by atoms with van der Waals surface area (Å²) in [6.07, 6.45) is 0. The molecular weight excluding hydrogens is 269 g/mol. The Morgan fingerprint density at radius 3 is 2.68 bits per heavy atom. The molecule has 0 saturated carbocycles. The van der Waals surface area contributed by atoms with Gasteiger partial charge in [0.25, 0.3) is 0 Å². The number of Topliss-reactive ketones (excluding diaryl/α,β-unsaturated/α-hetero) is 1. The molecule has 1 aromatic heterocycles. The number of carbonyl (C=O) groups is 1. The standard InChI is InChI=1S/C14H9ClFNO2/c1-8-2-5-13(19-8)14(18)11(7-17)10-4-3-9(16)6-12(10)15/h2-6,11H,1H3. The number of ketones is 1. The van der Waals surface area contributed by atoms with Gasteiger partial charge in [-0.3, -0.25) is 4.79 Å². The summed E-state index contributed by atoms with van der Waals surface area (Å²) in [6, 6.07) is 8.56. The minimum absolute atomic E-state index is 0.0446. The molecule has 0 aliphatic heterocycles. The lowest BCUT2D eigenvalue weighted by Crippen LogP contribution is -2.11. The van der Waals surface area contributed by atoms with Crippen LogP contribution in [-0.2, 0) is 0 Å². The molecule has 96 valence electrons. The number of halogens is 2. The van der Waals surface area contributed by atoms with E-state index in [-0.39, 0.29) is 16.3 Å². The van der Waals surface area contributed by atoms with Gasteiger partial charge in [-0.2, -0.15) is 5.26 Å². The highest BCUT2D eigenvalue weighted by Gasteiger charge is 2.26. The molecule has 5 heteroatoms. The van der Waals surface area contributed by atoms with Crippen LogP contribution < -0.4 is 0 Å². The van der Waals surface area contributed by atoms with Gasteiger partial charge in [0, 0.05) is 5.02 Å². The van der Waals surface area contributed by atoms with Crippen LogP contribution in [-0.4, -0.2) is 5.78 Å². The first-order valence-electron chi connectivity index (χ1n) is 5.48. The second-order valence-electron chi connectivity index (χ2n) is 4.00. The maximum absolute atomic E-state index is 13.0. The second-order valence-corrected chi connectivity index (χ2v) is 4.41. The summed E-state index contributed by atoms with van der Waals surface area (Å²) >= 11 is 5.87. The van der Waals surface area contributed by atoms with E-state index >= 15 is 0 Å². The van der Waals surface area contributed by atoms with Crippen molar-refractivity contribution in [3.05, 3.63) is 58.3 Å². The molecule has 19 heavy (non-hydrogen) atoms. The highest BCUT2D eigenvalue weighted by atomic mass is 35.5. The number of carbonyl (C=O) groups excluding carboxylic acids is 1. The van der Waals surface area contributed by atoms with Gasteiger partial charge in [0.2, 0.25) is 5.78 Å². The van der Waals surface area contributed by atoms with Gasteiger partial charge in [-0.1, -0.05) is 17.7 Å². The Balaban J connectivity index is 2.40. The lowest BCUT2D eigenvalue weighted by atomic mass is 9.94. The SMILES string of the molecule is Cc1ccc(C(=O)C(C#N)c2ccc(F)cc2Cl)o1. The molecule has 0 N–H and O–H groups in total. The van der Waals surface area contributed by atoms with E-state index in [1.807, 2.05) is 6.07 Å². The van der Waals surface area contributed by atoms with Crippen LogP contribution in [0, 0.1) is 24.1 Å². The van der Waals surface area contributed by atoms with E-state index in [0.717, 1.165) is 12.1 Å². The van der Waals surface area contributed by atoms with Crippen molar-refractivity contribution in [2.75, 3.05) is 0 Å². The lowest BCUT2D eigenvalue weighted by molar-refractivity contribution is 0.0950. The first kappa shape index (κ1) is 13.3. The van der Waals surface area contributed by atoms with Gasteiger partial charge in [-0.15, -0.1) is 0 Å². The average molecular weight is 278 g/mol. The monoisotopic (exact) mass is 277 g/mol. The molecule has 0 amide bonds. The Kier molecular flexibility index (Phi) is 3.68. The largest absolute Gasteiger partial charge is 0.458 e. The van der Waals surface area contributed by atoms with Crippen molar-refractivity contribution >= 4 is 17.4 Å². The van der Waals surface area contributed by atoms with Crippen molar-refractivity contribution < 1.29 is 13.6 Å². The number of aryl methyl sites for hydroxylation is 1. The van der Waals surface area contributed by atoms with Gasteiger partial charge < -0.3 is 4.42 Å². The summed E-state index contributed by atoms with van der Waals surface area (Å²) < 4.78 is 18.2. The number of hydrogen-bond acceptors (Lipinski definition) is 3. The van der Waals surface area contributed by atoms with Crippen molar-refractivity contribution in [1.29, 1.82) is 5.26 Å². The maximum Gasteiger partial charge on any atom is 0.219 e. The molecule has 0 bridgehead atoms. The predicted molar refractivity (Wildman–Crippen MR) is 67.5 cm³/mol. The van der Waals surface area contributed by atoms with Crippen LogP contribution in [0.25, 0.3) is 0 Å². The van der Waals surface area contributed by atoms with Crippen LogP contribution in [0.2, 0.25) is 5.02 Å². The van der Waals surface area contributed by atoms with Gasteiger partial charge in [0.15, 0.2) is 5.76 Å². The summed E-state index contributed by atoms with van der Waals surface area (Å²) in [6.45, 7) is 1.70. The Labute approximate surface area is 114 Å². The summed E-state index contributed by atoms with van der Waals surface area (Å²) in [5, 5.41) is 9.19. The third-order valence-electron chi connectivity index (χ3n) is 2.65. The van der Waals surface area contributed by atoms with Crippen LogP contribution >= 0.6 is 11.6 Å². The number of furan rings is 1. The van der Waals surface area contributed by atoms with Crippen LogP contribution in [0.15, 0.2) is 34.7 Å². The quantitative estimate of drug-likeness (QED) is 0.800. The number of hydrogen-bond donors (Lipinski definition) is 0. The van der Waals surface area contributed by atoms with E-state index in [1.54, 1.807) is 13.0 Å². The molecule has 0 fully saturated rings. The number of nitrogens with zero attached hydrogens (tertiary/aromatic N) is 1.